The Kier molecular flexibility index (Phi) is 6.01. The van der Waals surface area contributed by atoms with Gasteiger partial charge in [0, 0.05) is 30.6 Å². The van der Waals surface area contributed by atoms with E-state index < -0.39 is 0 Å². The van der Waals surface area contributed by atoms with Crippen LogP contribution in [0.25, 0.3) is 21.8 Å². The number of aryl methyl sites for hydroxylation is 2. The van der Waals surface area contributed by atoms with Crippen molar-refractivity contribution in [3.63, 3.8) is 0 Å². The molecule has 32 heavy (non-hydrogen) atoms. The summed E-state index contributed by atoms with van der Waals surface area (Å²) in [6.45, 7) is 8.09. The predicted octanol–water partition coefficient (Wildman–Crippen LogP) is 4.33. The number of fused-ring (bicyclic) bond motifs is 1. The van der Waals surface area contributed by atoms with Gasteiger partial charge in [0.05, 0.1) is 30.0 Å². The molecule has 0 atom stereocenters. The third-order valence-corrected chi connectivity index (χ3v) is 8.15. The number of furan rings is 1. The van der Waals surface area contributed by atoms with Crippen molar-refractivity contribution in [3.8, 4) is 11.6 Å². The average molecular weight is 455 g/mol. The lowest BCUT2D eigenvalue weighted by Gasteiger charge is -2.48. The van der Waals surface area contributed by atoms with Gasteiger partial charge in [-0.3, -0.25) is 9.69 Å². The number of nitrogens with zero attached hydrogens (tertiary/aromatic N) is 3. The van der Waals surface area contributed by atoms with Crippen LogP contribution in [0, 0.1) is 13.8 Å². The van der Waals surface area contributed by atoms with Crippen LogP contribution in [0.2, 0.25) is 0 Å². The van der Waals surface area contributed by atoms with Gasteiger partial charge >= 0.3 is 0 Å². The standard InChI is InChI=1S/C24H30N4O3S/c1-16-19-17(2)26-21(18-7-6-12-31-18)27-23(19)32-20(16)22(29)25-15-24(8-4-3-5-9-24)28-10-13-30-14-11-28/h6-7,12H,3-5,8-11,13-15H2,1-2H3,(H,25,29). The molecule has 3 aromatic rings. The molecule has 2 fully saturated rings. The Labute approximate surface area is 192 Å². The number of hydrogen-bond acceptors (Lipinski definition) is 7. The summed E-state index contributed by atoms with van der Waals surface area (Å²) >= 11 is 1.44. The molecule has 1 saturated heterocycles. The van der Waals surface area contributed by atoms with Crippen LogP contribution in [0.4, 0.5) is 0 Å². The van der Waals surface area contributed by atoms with Gasteiger partial charge in [-0.1, -0.05) is 19.3 Å². The highest BCUT2D eigenvalue weighted by Crippen LogP contribution is 2.35. The highest BCUT2D eigenvalue weighted by Gasteiger charge is 2.39. The molecule has 1 aliphatic heterocycles. The second-order valence-corrected chi connectivity index (χ2v) is 9.91. The van der Waals surface area contributed by atoms with Crippen molar-refractivity contribution in [2.24, 2.45) is 0 Å². The molecule has 0 spiro atoms. The lowest BCUT2D eigenvalue weighted by atomic mass is 9.79. The summed E-state index contributed by atoms with van der Waals surface area (Å²) in [5.41, 5.74) is 1.87. The van der Waals surface area contributed by atoms with Gasteiger partial charge in [-0.2, -0.15) is 0 Å². The number of ether oxygens (including phenoxy) is 1. The number of nitrogens with one attached hydrogen (secondary N) is 1. The Morgan fingerprint density at radius 3 is 2.69 bits per heavy atom. The first kappa shape index (κ1) is 21.6. The molecule has 1 N–H and O–H groups in total. The molecular formula is C24H30N4O3S. The van der Waals surface area contributed by atoms with E-state index in [0.717, 1.165) is 65.5 Å². The summed E-state index contributed by atoms with van der Waals surface area (Å²) in [6.07, 6.45) is 7.61. The molecular weight excluding hydrogens is 424 g/mol. The van der Waals surface area contributed by atoms with Crippen LogP contribution in [0.5, 0.6) is 0 Å². The molecule has 2 aliphatic rings. The van der Waals surface area contributed by atoms with Crippen LogP contribution in [0.3, 0.4) is 0 Å². The number of thiophene rings is 1. The van der Waals surface area contributed by atoms with Crippen molar-refractivity contribution < 1.29 is 13.9 Å². The second-order valence-electron chi connectivity index (χ2n) is 8.91. The zero-order valence-electron chi connectivity index (χ0n) is 18.8. The van der Waals surface area contributed by atoms with Crippen LogP contribution in [0.15, 0.2) is 22.8 Å². The molecule has 5 rings (SSSR count). The molecule has 3 aromatic heterocycles. The van der Waals surface area contributed by atoms with E-state index in [-0.39, 0.29) is 11.4 Å². The Morgan fingerprint density at radius 2 is 1.97 bits per heavy atom. The van der Waals surface area contributed by atoms with E-state index in [4.69, 9.17) is 14.1 Å². The minimum atomic E-state index is -0.0114. The quantitative estimate of drug-likeness (QED) is 0.618. The third kappa shape index (κ3) is 3.95. The third-order valence-electron chi connectivity index (χ3n) is 6.96. The predicted molar refractivity (Wildman–Crippen MR) is 125 cm³/mol. The smallest absolute Gasteiger partial charge is 0.261 e. The van der Waals surface area contributed by atoms with E-state index in [2.05, 4.69) is 15.2 Å². The normalized spacial score (nSPS) is 19.3. The molecule has 0 aromatic carbocycles. The summed E-state index contributed by atoms with van der Waals surface area (Å²) in [4.78, 5) is 26.7. The van der Waals surface area contributed by atoms with E-state index in [9.17, 15) is 4.79 Å². The van der Waals surface area contributed by atoms with E-state index >= 15 is 0 Å². The summed E-state index contributed by atoms with van der Waals surface area (Å²) in [7, 11) is 0. The second kappa shape index (κ2) is 8.92. The van der Waals surface area contributed by atoms with E-state index in [1.807, 2.05) is 26.0 Å². The van der Waals surface area contributed by atoms with Gasteiger partial charge in [0.1, 0.15) is 4.83 Å². The van der Waals surface area contributed by atoms with Crippen LogP contribution < -0.4 is 5.32 Å². The molecule has 170 valence electrons. The van der Waals surface area contributed by atoms with Crippen molar-refractivity contribution in [1.29, 1.82) is 0 Å². The van der Waals surface area contributed by atoms with Crippen LogP contribution >= 0.6 is 11.3 Å². The highest BCUT2D eigenvalue weighted by atomic mass is 32.1. The van der Waals surface area contributed by atoms with Gasteiger partial charge in [0.25, 0.3) is 5.91 Å². The lowest BCUT2D eigenvalue weighted by Crippen LogP contribution is -2.59. The van der Waals surface area contributed by atoms with Crippen molar-refractivity contribution in [1.82, 2.24) is 20.2 Å². The minimum absolute atomic E-state index is 0.0114. The molecule has 4 heterocycles. The maximum atomic E-state index is 13.3. The van der Waals surface area contributed by atoms with Gasteiger partial charge in [0.15, 0.2) is 11.6 Å². The van der Waals surface area contributed by atoms with Crippen molar-refractivity contribution in [2.45, 2.75) is 51.5 Å². The lowest BCUT2D eigenvalue weighted by molar-refractivity contribution is -0.0361. The Balaban J connectivity index is 1.39. The number of aromatic nitrogens is 2. The summed E-state index contributed by atoms with van der Waals surface area (Å²) < 4.78 is 11.0. The fraction of sp³-hybridized carbons (Fsp3) is 0.542. The van der Waals surface area contributed by atoms with Crippen LogP contribution in [-0.2, 0) is 4.74 Å². The molecule has 1 amide bonds. The minimum Gasteiger partial charge on any atom is -0.461 e. The zero-order valence-corrected chi connectivity index (χ0v) is 19.6. The number of carbonyl (C=O) groups is 1. The van der Waals surface area contributed by atoms with Crippen molar-refractivity contribution >= 4 is 27.5 Å². The SMILES string of the molecule is Cc1nc(-c2ccco2)nc2sc(C(=O)NCC3(N4CCOCC4)CCCCC3)c(C)c12. The zero-order chi connectivity index (χ0) is 22.1. The van der Waals surface area contributed by atoms with E-state index in [1.165, 1.54) is 30.6 Å². The summed E-state index contributed by atoms with van der Waals surface area (Å²) in [5, 5.41) is 4.26. The van der Waals surface area contributed by atoms with Gasteiger partial charge in [0.2, 0.25) is 0 Å². The Hall–Kier alpha value is -2.29. The van der Waals surface area contributed by atoms with Gasteiger partial charge in [-0.05, 0) is 44.4 Å². The molecule has 8 heteroatoms. The Bertz CT molecular complexity index is 1100. The molecule has 1 aliphatic carbocycles. The van der Waals surface area contributed by atoms with Gasteiger partial charge in [-0.15, -0.1) is 11.3 Å². The molecule has 1 saturated carbocycles. The number of rotatable bonds is 5. The molecule has 7 nitrogen and oxygen atoms in total. The molecule has 0 radical (unpaired) electrons. The number of carbonyl (C=O) groups excluding carboxylic acids is 1. The van der Waals surface area contributed by atoms with E-state index in [0.29, 0.717) is 18.1 Å². The monoisotopic (exact) mass is 454 g/mol. The maximum Gasteiger partial charge on any atom is 0.261 e. The average Bonchev–Trinajstić information content (AvgIpc) is 3.47. The van der Waals surface area contributed by atoms with Crippen LogP contribution in [-0.4, -0.2) is 59.2 Å². The number of amides is 1. The van der Waals surface area contributed by atoms with Gasteiger partial charge < -0.3 is 14.5 Å². The Morgan fingerprint density at radius 1 is 1.19 bits per heavy atom. The highest BCUT2D eigenvalue weighted by molar-refractivity contribution is 7.20. The topological polar surface area (TPSA) is 80.5 Å². The first-order chi connectivity index (χ1) is 15.6. The first-order valence-electron chi connectivity index (χ1n) is 11.5. The summed E-state index contributed by atoms with van der Waals surface area (Å²) in [6, 6.07) is 3.68. The van der Waals surface area contributed by atoms with E-state index in [1.54, 1.807) is 6.26 Å². The molecule has 0 bridgehead atoms. The fourth-order valence-corrected chi connectivity index (χ4v) is 6.40. The van der Waals surface area contributed by atoms with Crippen LogP contribution in [0.1, 0.15) is 53.0 Å². The van der Waals surface area contributed by atoms with Crippen molar-refractivity contribution in [2.75, 3.05) is 32.8 Å². The van der Waals surface area contributed by atoms with Crippen molar-refractivity contribution in [3.05, 3.63) is 34.5 Å². The molecule has 0 unspecified atom stereocenters. The van der Waals surface area contributed by atoms with Gasteiger partial charge in [-0.25, -0.2) is 9.97 Å². The maximum absolute atomic E-state index is 13.3. The first-order valence-corrected chi connectivity index (χ1v) is 12.3. The fourth-order valence-electron chi connectivity index (χ4n) is 5.25. The number of morpholine rings is 1. The number of hydrogen-bond donors (Lipinski definition) is 1. The summed E-state index contributed by atoms with van der Waals surface area (Å²) in [5.74, 6) is 1.18. The largest absolute Gasteiger partial charge is 0.461 e.